The molecule has 0 bridgehead atoms. The third-order valence-corrected chi connectivity index (χ3v) is 20.1. The molecule has 7 atom stereocenters. The Morgan fingerprint density at radius 3 is 0.918 bits per heavy atom. The Morgan fingerprint density at radius 1 is 0.340 bits per heavy atom. The molecule has 97 heavy (non-hydrogen) atoms. The van der Waals surface area contributed by atoms with Gasteiger partial charge in [-0.05, 0) is 69.1 Å². The highest BCUT2D eigenvalue weighted by atomic mass is 31.2. The molecule has 0 saturated heterocycles. The standard InChI is InChI=1S/C78H148O17P2/c1-8-11-12-13-14-15-16-17-22-26-29-32-37-47-54-61-77(82)94-73(65-88-75(80)59-52-45-39-34-35-42-49-56-69(4)5)67-92-96(84,85)90-63-72(79)64-91-97(86,87)93-68-74(66-89-76(81)60-53-46-41-40-44-51-58-71(7)10-3)95-78(83)62-55-48-38-33-30-27-24-21-19-18-20-23-25-28-31-36-43-50-57-70(6)9-2/h15-17,22,69-74,79H,8-14,18-21,23-68H2,1-7H3,(H,84,85)(H,86,87)/b16-15-,22-17-/t70?,71?,72?,73-,74-/m1/s1. The first-order chi connectivity index (χ1) is 46.8. The van der Waals surface area contributed by atoms with E-state index < -0.39 is 97.5 Å². The number of carbonyl (C=O) groups is 4. The molecule has 0 fully saturated rings. The van der Waals surface area contributed by atoms with Gasteiger partial charge in [-0.3, -0.25) is 37.3 Å². The van der Waals surface area contributed by atoms with E-state index in [9.17, 15) is 43.2 Å². The zero-order valence-electron chi connectivity index (χ0n) is 63.0. The summed E-state index contributed by atoms with van der Waals surface area (Å²) in [6, 6.07) is 0. The van der Waals surface area contributed by atoms with Gasteiger partial charge in [0.1, 0.15) is 19.3 Å². The van der Waals surface area contributed by atoms with Crippen LogP contribution in [0.1, 0.15) is 376 Å². The van der Waals surface area contributed by atoms with Crippen LogP contribution in [0, 0.1) is 17.8 Å². The molecule has 0 aliphatic rings. The fraction of sp³-hybridized carbons (Fsp3) is 0.897. The number of aliphatic hydroxyl groups is 1. The Labute approximate surface area is 592 Å². The lowest BCUT2D eigenvalue weighted by Crippen LogP contribution is -2.30. The number of phosphoric ester groups is 2. The lowest BCUT2D eigenvalue weighted by molar-refractivity contribution is -0.161. The summed E-state index contributed by atoms with van der Waals surface area (Å²) in [5.74, 6) is 0.151. The highest BCUT2D eigenvalue weighted by Gasteiger charge is 2.30. The number of carbonyl (C=O) groups excluding carboxylic acids is 4. The fourth-order valence-corrected chi connectivity index (χ4v) is 12.9. The van der Waals surface area contributed by atoms with Crippen LogP contribution in [-0.4, -0.2) is 96.7 Å². The van der Waals surface area contributed by atoms with Crippen molar-refractivity contribution in [3.63, 3.8) is 0 Å². The molecule has 0 aromatic rings. The quantitative estimate of drug-likeness (QED) is 0.0169. The molecular formula is C78H148O17P2. The van der Waals surface area contributed by atoms with Crippen LogP contribution >= 0.6 is 15.6 Å². The van der Waals surface area contributed by atoms with E-state index in [1.807, 2.05) is 0 Å². The zero-order valence-corrected chi connectivity index (χ0v) is 64.8. The molecule has 0 amide bonds. The first-order valence-corrected chi connectivity index (χ1v) is 42.7. The third kappa shape index (κ3) is 69.1. The van der Waals surface area contributed by atoms with E-state index in [2.05, 4.69) is 72.8 Å². The van der Waals surface area contributed by atoms with E-state index in [4.69, 9.17) is 37.0 Å². The van der Waals surface area contributed by atoms with Gasteiger partial charge >= 0.3 is 39.5 Å². The second kappa shape index (κ2) is 68.0. The second-order valence-corrected chi connectivity index (χ2v) is 31.3. The molecule has 0 spiro atoms. The molecule has 0 radical (unpaired) electrons. The van der Waals surface area contributed by atoms with Gasteiger partial charge in [-0.15, -0.1) is 0 Å². The lowest BCUT2D eigenvalue weighted by Gasteiger charge is -2.21. The molecule has 5 unspecified atom stereocenters. The van der Waals surface area contributed by atoms with Crippen LogP contribution in [0.4, 0.5) is 0 Å². The van der Waals surface area contributed by atoms with Crippen LogP contribution in [0.25, 0.3) is 0 Å². The molecule has 17 nitrogen and oxygen atoms in total. The Balaban J connectivity index is 5.20. The molecule has 0 rings (SSSR count). The Bertz CT molecular complexity index is 1990. The maximum atomic E-state index is 13.1. The van der Waals surface area contributed by atoms with Gasteiger partial charge in [0.25, 0.3) is 0 Å². The first kappa shape index (κ1) is 94.5. The number of esters is 4. The van der Waals surface area contributed by atoms with E-state index >= 15 is 0 Å². The molecule has 3 N–H and O–H groups in total. The summed E-state index contributed by atoms with van der Waals surface area (Å²) in [5.41, 5.74) is 0. The number of phosphoric acid groups is 2. The van der Waals surface area contributed by atoms with Gasteiger partial charge in [0, 0.05) is 25.7 Å². The predicted octanol–water partition coefficient (Wildman–Crippen LogP) is 22.5. The number of rotatable bonds is 74. The Hall–Kier alpha value is -2.46. The minimum Gasteiger partial charge on any atom is -0.462 e. The normalized spacial score (nSPS) is 14.8. The molecule has 572 valence electrons. The van der Waals surface area contributed by atoms with Crippen molar-refractivity contribution in [1.82, 2.24) is 0 Å². The molecule has 0 saturated carbocycles. The van der Waals surface area contributed by atoms with Gasteiger partial charge in [0.15, 0.2) is 12.2 Å². The van der Waals surface area contributed by atoms with Crippen LogP contribution < -0.4 is 0 Å². The van der Waals surface area contributed by atoms with E-state index in [1.54, 1.807) is 0 Å². The summed E-state index contributed by atoms with van der Waals surface area (Å²) in [6.07, 6.45) is 57.9. The van der Waals surface area contributed by atoms with Crippen molar-refractivity contribution in [3.8, 4) is 0 Å². The number of hydrogen-bond acceptors (Lipinski definition) is 15. The number of unbranched alkanes of at least 4 members (excludes halogenated alkanes) is 37. The van der Waals surface area contributed by atoms with Crippen molar-refractivity contribution in [2.75, 3.05) is 39.6 Å². The Kier molecular flexibility index (Phi) is 66.3. The second-order valence-electron chi connectivity index (χ2n) is 28.4. The summed E-state index contributed by atoms with van der Waals surface area (Å²) in [4.78, 5) is 72.8. The van der Waals surface area contributed by atoms with Gasteiger partial charge in [0.05, 0.1) is 26.4 Å². The highest BCUT2D eigenvalue weighted by molar-refractivity contribution is 7.47. The highest BCUT2D eigenvalue weighted by Crippen LogP contribution is 2.45. The maximum absolute atomic E-state index is 13.1. The molecule has 0 aromatic heterocycles. The summed E-state index contributed by atoms with van der Waals surface area (Å²) in [5, 5.41) is 10.6. The molecule has 19 heteroatoms. The van der Waals surface area contributed by atoms with E-state index in [0.717, 1.165) is 127 Å². The number of aliphatic hydroxyl groups excluding tert-OH is 1. The lowest BCUT2D eigenvalue weighted by atomic mass is 9.99. The first-order valence-electron chi connectivity index (χ1n) is 39.7. The van der Waals surface area contributed by atoms with E-state index in [0.29, 0.717) is 31.6 Å². The largest absolute Gasteiger partial charge is 0.472 e. The topological polar surface area (TPSA) is 237 Å². The Morgan fingerprint density at radius 2 is 0.608 bits per heavy atom. The van der Waals surface area contributed by atoms with Crippen molar-refractivity contribution < 1.29 is 80.2 Å². The summed E-state index contributed by atoms with van der Waals surface area (Å²) in [7, 11) is -9.93. The van der Waals surface area contributed by atoms with Crippen LogP contribution in [0.2, 0.25) is 0 Å². The van der Waals surface area contributed by atoms with E-state index in [1.165, 1.54) is 161 Å². The SMILES string of the molecule is CCCCCC/C=C\C=C/CCCCCCCC(=O)O[C@H](COC(=O)CCCCCCCCCC(C)C)COP(=O)(O)OCC(O)COP(=O)(O)OC[C@@H](COC(=O)CCCCCCCCC(C)CC)OC(=O)CCCCCCCCCCCCCCCCCCCCC(C)CC. The number of allylic oxidation sites excluding steroid dienone is 4. The van der Waals surface area contributed by atoms with Crippen LogP contribution in [0.5, 0.6) is 0 Å². The third-order valence-electron chi connectivity index (χ3n) is 18.2. The fourth-order valence-electron chi connectivity index (χ4n) is 11.4. The minimum atomic E-state index is -4.96. The predicted molar refractivity (Wildman–Crippen MR) is 395 cm³/mol. The minimum absolute atomic E-state index is 0.0839. The van der Waals surface area contributed by atoms with Crippen molar-refractivity contribution in [2.24, 2.45) is 17.8 Å². The molecule has 0 aliphatic heterocycles. The van der Waals surface area contributed by atoms with Gasteiger partial charge in [0.2, 0.25) is 0 Å². The molecule has 0 aromatic carbocycles. The van der Waals surface area contributed by atoms with Crippen molar-refractivity contribution >= 4 is 39.5 Å². The average Bonchev–Trinajstić information content (AvgIpc) is 0.989. The molecule has 0 heterocycles. The van der Waals surface area contributed by atoms with Crippen LogP contribution in [0.3, 0.4) is 0 Å². The molecular weight excluding hydrogens is 1270 g/mol. The van der Waals surface area contributed by atoms with Crippen LogP contribution in [-0.2, 0) is 65.4 Å². The number of hydrogen-bond donors (Lipinski definition) is 3. The van der Waals surface area contributed by atoms with Crippen LogP contribution in [0.15, 0.2) is 24.3 Å². The number of ether oxygens (including phenoxy) is 4. The van der Waals surface area contributed by atoms with Gasteiger partial charge in [-0.2, -0.15) is 0 Å². The van der Waals surface area contributed by atoms with Gasteiger partial charge in [-0.1, -0.05) is 323 Å². The summed E-state index contributed by atoms with van der Waals surface area (Å²) in [6.45, 7) is 11.8. The van der Waals surface area contributed by atoms with Gasteiger partial charge in [-0.25, -0.2) is 9.13 Å². The maximum Gasteiger partial charge on any atom is 0.472 e. The average molecular weight is 1420 g/mol. The van der Waals surface area contributed by atoms with Crippen molar-refractivity contribution in [1.29, 1.82) is 0 Å². The van der Waals surface area contributed by atoms with Crippen molar-refractivity contribution in [3.05, 3.63) is 24.3 Å². The van der Waals surface area contributed by atoms with Crippen molar-refractivity contribution in [2.45, 2.75) is 394 Å². The summed E-state index contributed by atoms with van der Waals surface area (Å²) >= 11 is 0. The van der Waals surface area contributed by atoms with E-state index in [-0.39, 0.29) is 25.7 Å². The smallest absolute Gasteiger partial charge is 0.462 e. The molecule has 0 aliphatic carbocycles. The monoisotopic (exact) mass is 1420 g/mol. The summed E-state index contributed by atoms with van der Waals surface area (Å²) < 4.78 is 68.5. The van der Waals surface area contributed by atoms with Gasteiger partial charge < -0.3 is 33.8 Å². The zero-order chi connectivity index (χ0) is 71.6.